The van der Waals surface area contributed by atoms with Gasteiger partial charge in [-0.15, -0.1) is 0 Å². The van der Waals surface area contributed by atoms with E-state index >= 15 is 0 Å². The van der Waals surface area contributed by atoms with Crippen LogP contribution in [-0.4, -0.2) is 37.5 Å². The van der Waals surface area contributed by atoms with E-state index in [1.54, 1.807) is 0 Å². The zero-order valence-corrected chi connectivity index (χ0v) is 7.97. The molecule has 1 heterocycles. The van der Waals surface area contributed by atoms with E-state index in [1.807, 2.05) is 6.92 Å². The summed E-state index contributed by atoms with van der Waals surface area (Å²) in [6.45, 7) is 5.05. The van der Waals surface area contributed by atoms with Crippen LogP contribution in [-0.2, 0) is 4.79 Å². The largest absolute Gasteiger partial charge is 0.356 e. The van der Waals surface area contributed by atoms with E-state index in [4.69, 9.17) is 0 Å². The molecule has 3 heteroatoms. The van der Waals surface area contributed by atoms with E-state index < -0.39 is 0 Å². The minimum atomic E-state index is 0.171. The molecule has 70 valence electrons. The first-order chi connectivity index (χ1) is 5.72. The van der Waals surface area contributed by atoms with Gasteiger partial charge in [0, 0.05) is 19.5 Å². The molecule has 1 rings (SSSR count). The van der Waals surface area contributed by atoms with Gasteiger partial charge in [-0.05, 0) is 25.9 Å². The minimum Gasteiger partial charge on any atom is -0.356 e. The summed E-state index contributed by atoms with van der Waals surface area (Å²) in [7, 11) is 2.13. The summed E-state index contributed by atoms with van der Waals surface area (Å²) < 4.78 is 0. The third-order valence-corrected chi connectivity index (χ3v) is 2.40. The molecule has 0 spiro atoms. The average molecular weight is 170 g/mol. The molecular weight excluding hydrogens is 152 g/mol. The smallest absolute Gasteiger partial charge is 0.219 e. The topological polar surface area (TPSA) is 32.3 Å². The summed E-state index contributed by atoms with van der Waals surface area (Å²) in [6, 6.07) is 0. The van der Waals surface area contributed by atoms with E-state index in [9.17, 15) is 4.79 Å². The molecule has 1 aliphatic rings. The molecule has 0 bridgehead atoms. The summed E-state index contributed by atoms with van der Waals surface area (Å²) in [5.74, 6) is 0.843. The Morgan fingerprint density at radius 3 is 2.92 bits per heavy atom. The first-order valence-corrected chi connectivity index (χ1v) is 4.67. The van der Waals surface area contributed by atoms with Crippen LogP contribution in [0.4, 0.5) is 0 Å². The number of carbonyl (C=O) groups excluding carboxylic acids is 1. The van der Waals surface area contributed by atoms with Crippen molar-refractivity contribution in [3.63, 3.8) is 0 Å². The number of rotatable bonds is 3. The lowest BCUT2D eigenvalue weighted by Gasteiger charge is -2.10. The van der Waals surface area contributed by atoms with Gasteiger partial charge < -0.3 is 10.2 Å². The summed E-state index contributed by atoms with van der Waals surface area (Å²) in [6.07, 6.45) is 1.82. The number of hydrogen-bond acceptors (Lipinski definition) is 2. The Bertz CT molecular complexity index is 159. The maximum Gasteiger partial charge on any atom is 0.219 e. The van der Waals surface area contributed by atoms with Crippen LogP contribution in [0.3, 0.4) is 0 Å². The normalized spacial score (nSPS) is 24.3. The van der Waals surface area contributed by atoms with Gasteiger partial charge in [0.15, 0.2) is 0 Å². The van der Waals surface area contributed by atoms with E-state index in [2.05, 4.69) is 17.3 Å². The fourth-order valence-corrected chi connectivity index (χ4v) is 1.58. The van der Waals surface area contributed by atoms with E-state index in [1.165, 1.54) is 13.0 Å². The summed E-state index contributed by atoms with van der Waals surface area (Å²) >= 11 is 0. The summed E-state index contributed by atoms with van der Waals surface area (Å²) in [4.78, 5) is 13.2. The Hall–Kier alpha value is -0.570. The number of nitrogens with zero attached hydrogens (tertiary/aromatic N) is 1. The summed E-state index contributed by atoms with van der Waals surface area (Å²) in [5.41, 5.74) is 0. The number of carbonyl (C=O) groups is 1. The fourth-order valence-electron chi connectivity index (χ4n) is 1.58. The van der Waals surface area contributed by atoms with Gasteiger partial charge in [-0.2, -0.15) is 0 Å². The lowest BCUT2D eigenvalue weighted by molar-refractivity contribution is -0.120. The third-order valence-electron chi connectivity index (χ3n) is 2.40. The average Bonchev–Trinajstić information content (AvgIpc) is 2.47. The predicted molar refractivity (Wildman–Crippen MR) is 48.9 cm³/mol. The van der Waals surface area contributed by atoms with E-state index in [0.29, 0.717) is 12.3 Å². The first kappa shape index (κ1) is 9.52. The van der Waals surface area contributed by atoms with Crippen molar-refractivity contribution in [2.24, 2.45) is 5.92 Å². The molecule has 1 unspecified atom stereocenters. The first-order valence-electron chi connectivity index (χ1n) is 4.67. The van der Waals surface area contributed by atoms with Crippen molar-refractivity contribution < 1.29 is 4.79 Å². The highest BCUT2D eigenvalue weighted by Gasteiger charge is 2.19. The van der Waals surface area contributed by atoms with Crippen molar-refractivity contribution in [2.45, 2.75) is 19.8 Å². The van der Waals surface area contributed by atoms with Gasteiger partial charge in [0.2, 0.25) is 5.91 Å². The summed E-state index contributed by atoms with van der Waals surface area (Å²) in [5, 5.41) is 2.93. The van der Waals surface area contributed by atoms with Crippen molar-refractivity contribution in [1.82, 2.24) is 10.2 Å². The molecule has 0 aromatic carbocycles. The van der Waals surface area contributed by atoms with Crippen LogP contribution in [0.25, 0.3) is 0 Å². The molecule has 3 nitrogen and oxygen atoms in total. The lowest BCUT2D eigenvalue weighted by Crippen LogP contribution is -2.29. The van der Waals surface area contributed by atoms with Gasteiger partial charge in [0.05, 0.1) is 0 Å². The molecule has 12 heavy (non-hydrogen) atoms. The van der Waals surface area contributed by atoms with Crippen LogP contribution in [0.1, 0.15) is 19.8 Å². The number of likely N-dealkylation sites (tertiary alicyclic amines) is 1. The Kier molecular flexibility index (Phi) is 3.53. The van der Waals surface area contributed by atoms with Crippen molar-refractivity contribution in [1.29, 1.82) is 0 Å². The zero-order chi connectivity index (χ0) is 8.97. The monoisotopic (exact) mass is 170 g/mol. The predicted octanol–water partition coefficient (Wildman–Crippen LogP) is 0.464. The van der Waals surface area contributed by atoms with Crippen LogP contribution in [0.15, 0.2) is 0 Å². The van der Waals surface area contributed by atoms with Crippen LogP contribution >= 0.6 is 0 Å². The molecule has 1 N–H and O–H groups in total. The van der Waals surface area contributed by atoms with Crippen molar-refractivity contribution in [3.8, 4) is 0 Å². The van der Waals surface area contributed by atoms with Crippen LogP contribution < -0.4 is 5.32 Å². The number of nitrogens with one attached hydrogen (secondary N) is 1. The van der Waals surface area contributed by atoms with Crippen molar-refractivity contribution in [2.75, 3.05) is 26.7 Å². The van der Waals surface area contributed by atoms with Gasteiger partial charge >= 0.3 is 0 Å². The molecule has 1 saturated heterocycles. The number of hydrogen-bond donors (Lipinski definition) is 1. The Morgan fingerprint density at radius 2 is 2.42 bits per heavy atom. The maximum atomic E-state index is 10.9. The zero-order valence-electron chi connectivity index (χ0n) is 7.97. The Labute approximate surface area is 74.1 Å². The van der Waals surface area contributed by atoms with Crippen molar-refractivity contribution >= 4 is 5.91 Å². The van der Waals surface area contributed by atoms with Crippen LogP contribution in [0, 0.1) is 5.92 Å². The molecular formula is C9H18N2O. The van der Waals surface area contributed by atoms with Gasteiger partial charge in [-0.25, -0.2) is 0 Å². The lowest BCUT2D eigenvalue weighted by atomic mass is 10.1. The van der Waals surface area contributed by atoms with Crippen LogP contribution in [0.5, 0.6) is 0 Å². The van der Waals surface area contributed by atoms with E-state index in [-0.39, 0.29) is 5.91 Å². The van der Waals surface area contributed by atoms with Gasteiger partial charge in [0.25, 0.3) is 0 Å². The second-order valence-electron chi connectivity index (χ2n) is 3.57. The van der Waals surface area contributed by atoms with Gasteiger partial charge in [-0.1, -0.05) is 6.92 Å². The Morgan fingerprint density at radius 1 is 1.67 bits per heavy atom. The second-order valence-corrected chi connectivity index (χ2v) is 3.57. The highest BCUT2D eigenvalue weighted by molar-refractivity contribution is 5.75. The quantitative estimate of drug-likeness (QED) is 0.667. The van der Waals surface area contributed by atoms with Crippen molar-refractivity contribution in [3.05, 3.63) is 0 Å². The molecule has 1 aliphatic heterocycles. The Balaban J connectivity index is 2.11. The molecule has 0 saturated carbocycles. The third kappa shape index (κ3) is 2.81. The molecule has 1 atom stereocenters. The minimum absolute atomic E-state index is 0.171. The fraction of sp³-hybridized carbons (Fsp3) is 0.889. The molecule has 1 fully saturated rings. The highest BCUT2D eigenvalue weighted by Crippen LogP contribution is 2.12. The molecule has 0 aromatic heterocycles. The number of amides is 1. The van der Waals surface area contributed by atoms with Gasteiger partial charge in [-0.3, -0.25) is 4.79 Å². The second kappa shape index (κ2) is 4.45. The molecule has 0 radical (unpaired) electrons. The standard InChI is InChI=1S/C9H18N2O/c1-3-9(12)10-6-8-4-5-11(2)7-8/h8H,3-7H2,1-2H3,(H,10,12). The molecule has 1 amide bonds. The SMILES string of the molecule is CCC(=O)NCC1CCN(C)C1. The molecule has 0 aromatic rings. The molecule has 0 aliphatic carbocycles. The van der Waals surface area contributed by atoms with Crippen LogP contribution in [0.2, 0.25) is 0 Å². The highest BCUT2D eigenvalue weighted by atomic mass is 16.1. The maximum absolute atomic E-state index is 10.9. The van der Waals surface area contributed by atoms with Gasteiger partial charge in [0.1, 0.15) is 0 Å². The van der Waals surface area contributed by atoms with E-state index in [0.717, 1.165) is 13.1 Å².